The molecule has 1 aromatic heterocycles. The number of hydrogen-bond acceptors (Lipinski definition) is 3. The number of nitrogens with zero attached hydrogens (tertiary/aromatic N) is 2. The Morgan fingerprint density at radius 3 is 2.80 bits per heavy atom. The fraction of sp³-hybridized carbons (Fsp3) is 0.727. The average Bonchev–Trinajstić information content (AvgIpc) is 2.52. The number of hydrogen-bond donors (Lipinski definition) is 1. The minimum atomic E-state index is 0.607. The van der Waals surface area contributed by atoms with Gasteiger partial charge in [-0.1, -0.05) is 13.3 Å². The van der Waals surface area contributed by atoms with E-state index in [1.807, 2.05) is 37.5 Å². The smallest absolute Gasteiger partial charge is 0.0939 e. The van der Waals surface area contributed by atoms with Crippen LogP contribution in [0.25, 0.3) is 0 Å². The highest BCUT2D eigenvalue weighted by atomic mass is 32.2. The van der Waals surface area contributed by atoms with E-state index < -0.39 is 0 Å². The molecule has 1 aromatic rings. The first-order valence-electron chi connectivity index (χ1n) is 5.48. The van der Waals surface area contributed by atoms with Crippen molar-refractivity contribution in [3.63, 3.8) is 0 Å². The van der Waals surface area contributed by atoms with E-state index in [0.29, 0.717) is 6.04 Å². The fourth-order valence-corrected chi connectivity index (χ4v) is 2.75. The minimum absolute atomic E-state index is 0.607. The lowest BCUT2D eigenvalue weighted by Gasteiger charge is -2.14. The van der Waals surface area contributed by atoms with Gasteiger partial charge in [0.1, 0.15) is 0 Å². The summed E-state index contributed by atoms with van der Waals surface area (Å²) in [4.78, 5) is 0. The number of thioether (sulfide) groups is 1. The Kier molecular flexibility index (Phi) is 5.19. The Hall–Kier alpha value is -0.480. The SMILES string of the molecule is CCCC(CSc1cc(C)nn1C)NC. The maximum absolute atomic E-state index is 4.34. The van der Waals surface area contributed by atoms with Crippen LogP contribution in [-0.4, -0.2) is 28.6 Å². The Morgan fingerprint density at radius 1 is 1.60 bits per heavy atom. The first-order chi connectivity index (χ1) is 7.17. The summed E-state index contributed by atoms with van der Waals surface area (Å²) in [6, 6.07) is 2.75. The van der Waals surface area contributed by atoms with Gasteiger partial charge in [-0.25, -0.2) is 0 Å². The highest BCUT2D eigenvalue weighted by molar-refractivity contribution is 7.99. The molecular formula is C11H21N3S. The van der Waals surface area contributed by atoms with Crippen LogP contribution in [0.4, 0.5) is 0 Å². The molecule has 1 atom stereocenters. The van der Waals surface area contributed by atoms with E-state index >= 15 is 0 Å². The number of aromatic nitrogens is 2. The second kappa shape index (κ2) is 6.18. The first kappa shape index (κ1) is 12.6. The largest absolute Gasteiger partial charge is 0.316 e. The highest BCUT2D eigenvalue weighted by Crippen LogP contribution is 2.20. The molecule has 3 nitrogen and oxygen atoms in total. The van der Waals surface area contributed by atoms with Gasteiger partial charge >= 0.3 is 0 Å². The molecule has 1 N–H and O–H groups in total. The summed E-state index contributed by atoms with van der Waals surface area (Å²) >= 11 is 1.88. The summed E-state index contributed by atoms with van der Waals surface area (Å²) in [5.41, 5.74) is 1.09. The van der Waals surface area contributed by atoms with Crippen LogP contribution in [0.1, 0.15) is 25.5 Å². The fourth-order valence-electron chi connectivity index (χ4n) is 1.57. The van der Waals surface area contributed by atoms with Gasteiger partial charge < -0.3 is 5.32 Å². The molecule has 0 saturated carbocycles. The van der Waals surface area contributed by atoms with E-state index in [1.165, 1.54) is 17.9 Å². The van der Waals surface area contributed by atoms with Crippen LogP contribution >= 0.6 is 11.8 Å². The van der Waals surface area contributed by atoms with Gasteiger partial charge in [0.2, 0.25) is 0 Å². The van der Waals surface area contributed by atoms with Crippen molar-refractivity contribution in [3.05, 3.63) is 11.8 Å². The highest BCUT2D eigenvalue weighted by Gasteiger charge is 2.08. The van der Waals surface area contributed by atoms with E-state index in [2.05, 4.69) is 23.4 Å². The molecular weight excluding hydrogens is 206 g/mol. The van der Waals surface area contributed by atoms with Gasteiger partial charge in [0.05, 0.1) is 10.7 Å². The van der Waals surface area contributed by atoms with E-state index in [9.17, 15) is 0 Å². The maximum atomic E-state index is 4.34. The minimum Gasteiger partial charge on any atom is -0.316 e. The summed E-state index contributed by atoms with van der Waals surface area (Å²) < 4.78 is 1.96. The monoisotopic (exact) mass is 227 g/mol. The summed E-state index contributed by atoms with van der Waals surface area (Å²) in [5.74, 6) is 1.11. The van der Waals surface area contributed by atoms with Gasteiger partial charge in [-0.3, -0.25) is 4.68 Å². The van der Waals surface area contributed by atoms with E-state index in [1.54, 1.807) is 0 Å². The number of aryl methyl sites for hydroxylation is 2. The standard InChI is InChI=1S/C11H21N3S/c1-5-6-10(12-3)8-15-11-7-9(2)13-14(11)4/h7,10,12H,5-6,8H2,1-4H3. The molecule has 0 amide bonds. The second-order valence-electron chi connectivity index (χ2n) is 3.83. The number of nitrogens with one attached hydrogen (secondary N) is 1. The molecule has 1 heterocycles. The lowest BCUT2D eigenvalue weighted by atomic mass is 10.2. The van der Waals surface area contributed by atoms with Gasteiger partial charge in [0.25, 0.3) is 0 Å². The van der Waals surface area contributed by atoms with Crippen molar-refractivity contribution < 1.29 is 0 Å². The molecule has 1 rings (SSSR count). The summed E-state index contributed by atoms with van der Waals surface area (Å²) in [5, 5.41) is 8.94. The predicted octanol–water partition coefficient (Wildman–Crippen LogP) is 2.21. The normalized spacial score (nSPS) is 13.1. The third-order valence-electron chi connectivity index (χ3n) is 2.44. The van der Waals surface area contributed by atoms with Gasteiger partial charge in [0.15, 0.2) is 0 Å². The van der Waals surface area contributed by atoms with Crippen molar-refractivity contribution in [2.75, 3.05) is 12.8 Å². The van der Waals surface area contributed by atoms with Crippen LogP contribution < -0.4 is 5.32 Å². The Morgan fingerprint density at radius 2 is 2.33 bits per heavy atom. The van der Waals surface area contributed by atoms with Crippen molar-refractivity contribution in [2.24, 2.45) is 7.05 Å². The zero-order valence-electron chi connectivity index (χ0n) is 10.1. The molecule has 1 unspecified atom stereocenters. The van der Waals surface area contributed by atoms with E-state index in [0.717, 1.165) is 11.4 Å². The van der Waals surface area contributed by atoms with Crippen LogP contribution in [0.2, 0.25) is 0 Å². The van der Waals surface area contributed by atoms with Gasteiger partial charge in [-0.05, 0) is 26.5 Å². The van der Waals surface area contributed by atoms with Gasteiger partial charge in [-0.15, -0.1) is 11.8 Å². The molecule has 86 valence electrons. The molecule has 0 aliphatic heterocycles. The van der Waals surface area contributed by atoms with Gasteiger partial charge in [-0.2, -0.15) is 5.10 Å². The van der Waals surface area contributed by atoms with Crippen LogP contribution in [0.3, 0.4) is 0 Å². The van der Waals surface area contributed by atoms with Crippen molar-refractivity contribution >= 4 is 11.8 Å². The summed E-state index contributed by atoms with van der Waals surface area (Å²) in [7, 11) is 4.04. The Balaban J connectivity index is 2.44. The topological polar surface area (TPSA) is 29.9 Å². The van der Waals surface area contributed by atoms with Crippen LogP contribution in [0.15, 0.2) is 11.1 Å². The van der Waals surface area contributed by atoms with Crippen molar-refractivity contribution in [2.45, 2.75) is 37.8 Å². The molecule has 15 heavy (non-hydrogen) atoms. The van der Waals surface area contributed by atoms with Crippen molar-refractivity contribution in [1.82, 2.24) is 15.1 Å². The molecule has 4 heteroatoms. The van der Waals surface area contributed by atoms with Crippen molar-refractivity contribution in [1.29, 1.82) is 0 Å². The lowest BCUT2D eigenvalue weighted by Crippen LogP contribution is -2.27. The molecule has 0 saturated heterocycles. The van der Waals surface area contributed by atoms with Crippen LogP contribution in [-0.2, 0) is 7.05 Å². The van der Waals surface area contributed by atoms with Gasteiger partial charge in [0, 0.05) is 18.8 Å². The third-order valence-corrected chi connectivity index (χ3v) is 3.68. The summed E-state index contributed by atoms with van der Waals surface area (Å²) in [6.07, 6.45) is 2.47. The second-order valence-corrected chi connectivity index (χ2v) is 4.87. The number of rotatable bonds is 6. The predicted molar refractivity (Wildman–Crippen MR) is 66.4 cm³/mol. The average molecular weight is 227 g/mol. The molecule has 0 aliphatic carbocycles. The van der Waals surface area contributed by atoms with E-state index in [-0.39, 0.29) is 0 Å². The quantitative estimate of drug-likeness (QED) is 0.756. The Labute approximate surface area is 96.6 Å². The Bertz CT molecular complexity index is 296. The van der Waals surface area contributed by atoms with Crippen molar-refractivity contribution in [3.8, 4) is 0 Å². The molecule has 0 spiro atoms. The third kappa shape index (κ3) is 3.87. The molecule has 0 radical (unpaired) electrons. The zero-order valence-corrected chi connectivity index (χ0v) is 10.9. The maximum Gasteiger partial charge on any atom is 0.0939 e. The van der Waals surface area contributed by atoms with Crippen LogP contribution in [0, 0.1) is 6.92 Å². The zero-order chi connectivity index (χ0) is 11.3. The first-order valence-corrected chi connectivity index (χ1v) is 6.46. The molecule has 0 aliphatic rings. The molecule has 0 fully saturated rings. The van der Waals surface area contributed by atoms with E-state index in [4.69, 9.17) is 0 Å². The molecule has 0 aromatic carbocycles. The molecule has 0 bridgehead atoms. The van der Waals surface area contributed by atoms with Crippen LogP contribution in [0.5, 0.6) is 0 Å². The lowest BCUT2D eigenvalue weighted by molar-refractivity contribution is 0.563. The summed E-state index contributed by atoms with van der Waals surface area (Å²) in [6.45, 7) is 4.26.